The fourth-order valence-electron chi connectivity index (χ4n) is 14.3. The Morgan fingerprint density at radius 2 is 0.883 bits per heavy atom. The number of benzene rings is 5. The number of ketones is 1. The zero-order chi connectivity index (χ0) is 66.8. The largest absolute Gasteiger partial charge is 0.396 e. The third kappa shape index (κ3) is 15.6. The highest BCUT2D eigenvalue weighted by atomic mass is 16.5. The molecule has 0 bridgehead atoms. The van der Waals surface area contributed by atoms with Gasteiger partial charge >= 0.3 is 0 Å². The van der Waals surface area contributed by atoms with E-state index in [2.05, 4.69) is 37.2 Å². The van der Waals surface area contributed by atoms with Gasteiger partial charge in [-0.1, -0.05) is 159 Å². The number of nitrogens with one attached hydrogen (secondary N) is 7. The van der Waals surface area contributed by atoms with Crippen LogP contribution in [0.25, 0.3) is 0 Å². The Kier molecular flexibility index (Phi) is 24.8. The lowest BCUT2D eigenvalue weighted by Crippen LogP contribution is -2.62. The predicted molar refractivity (Wildman–Crippen MR) is 354 cm³/mol. The van der Waals surface area contributed by atoms with Gasteiger partial charge in [0.05, 0.1) is 31.9 Å². The van der Waals surface area contributed by atoms with Crippen molar-refractivity contribution in [3.8, 4) is 0 Å². The smallest absolute Gasteiger partial charge is 0.255 e. The minimum atomic E-state index is -1.74. The van der Waals surface area contributed by atoms with Crippen LogP contribution in [0.3, 0.4) is 0 Å². The maximum atomic E-state index is 15.1. The van der Waals surface area contributed by atoms with E-state index < -0.39 is 88.7 Å². The first kappa shape index (κ1) is 70.1. The van der Waals surface area contributed by atoms with Crippen LogP contribution < -0.4 is 37.2 Å². The van der Waals surface area contributed by atoms with Gasteiger partial charge in [0.15, 0.2) is 11.3 Å². The number of likely N-dealkylation sites (N-methyl/N-ethyl adjacent to an activating group) is 2. The second kappa shape index (κ2) is 33.3. The number of rotatable bonds is 31. The molecule has 0 aliphatic carbocycles. The number of carbonyl (C=O) groups excluding carboxylic acids is 8. The third-order valence-electron chi connectivity index (χ3n) is 19.5. The fourth-order valence-corrected chi connectivity index (χ4v) is 14.3. The number of aliphatic hydroxyl groups is 2. The van der Waals surface area contributed by atoms with Crippen LogP contribution in [0.15, 0.2) is 146 Å². The van der Waals surface area contributed by atoms with Crippen molar-refractivity contribution in [1.82, 2.24) is 47.0 Å². The van der Waals surface area contributed by atoms with E-state index in [9.17, 15) is 43.8 Å². The number of Topliss-reactive ketones (excluding diaryl/α,β-unsaturated/α-hetero) is 1. The van der Waals surface area contributed by atoms with Crippen LogP contribution in [0.2, 0.25) is 0 Å². The van der Waals surface area contributed by atoms with E-state index in [0.29, 0.717) is 92.9 Å². The highest BCUT2D eigenvalue weighted by Gasteiger charge is 2.53. The van der Waals surface area contributed by atoms with Gasteiger partial charge in [0, 0.05) is 56.7 Å². The molecule has 4 saturated heterocycles. The fraction of sp³-hybridized carbons (Fsp3) is 0.479. The lowest BCUT2D eigenvalue weighted by Gasteiger charge is -2.38. The van der Waals surface area contributed by atoms with E-state index in [4.69, 9.17) is 9.47 Å². The summed E-state index contributed by atoms with van der Waals surface area (Å²) in [7, 11) is 3.34. The van der Waals surface area contributed by atoms with Gasteiger partial charge in [0.1, 0.15) is 29.7 Å². The predicted octanol–water partition coefficient (Wildman–Crippen LogP) is 4.79. The molecule has 7 amide bonds. The molecule has 502 valence electrons. The monoisotopic (exact) mass is 1290 g/mol. The lowest BCUT2D eigenvalue weighted by molar-refractivity contribution is -0.145. The van der Waals surface area contributed by atoms with Crippen LogP contribution in [0.1, 0.15) is 124 Å². The van der Waals surface area contributed by atoms with Crippen molar-refractivity contribution in [3.63, 3.8) is 0 Å². The highest BCUT2D eigenvalue weighted by molar-refractivity contribution is 6.01. The maximum Gasteiger partial charge on any atom is 0.255 e. The summed E-state index contributed by atoms with van der Waals surface area (Å²) in [5.41, 5.74) is 0.506. The zero-order valence-electron chi connectivity index (χ0n) is 54.4. The minimum absolute atomic E-state index is 0.0384. The molecule has 21 nitrogen and oxygen atoms in total. The Bertz CT molecular complexity index is 3040. The molecule has 5 aromatic rings. The molecular formula is C73H93N9O12. The van der Waals surface area contributed by atoms with Crippen molar-refractivity contribution in [2.24, 2.45) is 11.8 Å². The van der Waals surface area contributed by atoms with E-state index in [1.165, 1.54) is 0 Å². The number of hydrogen-bond donors (Lipinski definition) is 9. The van der Waals surface area contributed by atoms with Gasteiger partial charge in [-0.3, -0.25) is 38.4 Å². The number of hydrogen-bond acceptors (Lipinski definition) is 14. The quantitative estimate of drug-likeness (QED) is 0.0270. The second-order valence-electron chi connectivity index (χ2n) is 25.1. The van der Waals surface area contributed by atoms with Crippen molar-refractivity contribution in [1.29, 1.82) is 0 Å². The van der Waals surface area contributed by atoms with E-state index in [1.807, 2.05) is 111 Å². The standard InChI is InChI=1S/C73H93N9O12/c1-5-58(74-3)65(86)77-63-50(44-83)33-35-56-37-39-60(81(56)69(63)90)67(88)79-72(52-20-11-7-12-21-52,53-22-13-8-14-23-53)62(85)28-19-42-93-46-48-29-31-49(32-30-48)47-94-43-41-76-71(92)73(54-24-15-9-16-25-54,55-26-17-10-18-27-55)80-68(89)61-40-38-57-36-34-51(45-84)64(70(91)82(57)61)78-66(87)59(6-2)75-4/h7-18,20-27,29-32,50-51,56-61,63-64,74-75,83-84H,5-6,19,28,33-47H2,1-4H3,(H,76,92)(H,77,86)(H,78,87)(H,79,88)(H,80,89)/t50-,51-,56+,57+,58+,59+,60+,61+,63+,64+/m1/s1. The molecule has 5 aromatic carbocycles. The Hall–Kier alpha value is -8.18. The van der Waals surface area contributed by atoms with Crippen molar-refractivity contribution in [2.45, 2.75) is 164 Å². The Morgan fingerprint density at radius 3 is 1.27 bits per heavy atom. The average molecular weight is 1290 g/mol. The van der Waals surface area contributed by atoms with Crippen LogP contribution in [0.5, 0.6) is 0 Å². The number of ether oxygens (including phenoxy) is 2. The summed E-state index contributed by atoms with van der Waals surface area (Å²) in [5, 5.41) is 42.1. The Balaban J connectivity index is 0.807. The maximum absolute atomic E-state index is 15.1. The van der Waals surface area contributed by atoms with Gasteiger partial charge in [-0.25, -0.2) is 0 Å². The van der Waals surface area contributed by atoms with Gasteiger partial charge < -0.3 is 66.7 Å². The summed E-state index contributed by atoms with van der Waals surface area (Å²) < 4.78 is 12.2. The van der Waals surface area contributed by atoms with Crippen molar-refractivity contribution >= 4 is 47.1 Å². The summed E-state index contributed by atoms with van der Waals surface area (Å²) in [6, 6.07) is 38.2. The Labute approximate surface area is 551 Å². The van der Waals surface area contributed by atoms with E-state index in [0.717, 1.165) is 11.1 Å². The summed E-state index contributed by atoms with van der Waals surface area (Å²) >= 11 is 0. The number of nitrogens with zero attached hydrogens (tertiary/aromatic N) is 2. The van der Waals surface area contributed by atoms with Crippen molar-refractivity contribution < 1.29 is 58.0 Å². The molecule has 4 aliphatic heterocycles. The number of aliphatic hydroxyl groups excluding tert-OH is 2. The molecule has 94 heavy (non-hydrogen) atoms. The number of amides is 7. The van der Waals surface area contributed by atoms with Gasteiger partial charge in [-0.15, -0.1) is 0 Å². The van der Waals surface area contributed by atoms with E-state index in [1.54, 1.807) is 72.4 Å². The van der Waals surface area contributed by atoms with Gasteiger partial charge in [0.2, 0.25) is 35.4 Å². The average Bonchev–Trinajstić information content (AvgIpc) is 1.09. The van der Waals surface area contributed by atoms with Crippen LogP contribution in [-0.4, -0.2) is 163 Å². The highest BCUT2D eigenvalue weighted by Crippen LogP contribution is 2.39. The number of fused-ring (bicyclic) bond motifs is 2. The SMILES string of the molecule is CC[C@H](NC)C(=O)N[C@@H]1C(=O)N2[C@@H](CC[C@@H]1CO)CC[C@H]2C(=O)NC(C(=O)CCCOCc1ccc(COCCNC(=O)C(NC(=O)[C@@H]2CC[C@@H]3CC[C@H](CO)[C@H](NC(=O)[C@H](CC)NC)C(=O)N32)(c2ccccc2)c2ccccc2)cc1)(c1ccccc1)c1ccccc1. The molecule has 21 heteroatoms. The van der Waals surface area contributed by atoms with Crippen LogP contribution in [0, 0.1) is 11.8 Å². The molecule has 9 rings (SSSR count). The minimum Gasteiger partial charge on any atom is -0.396 e. The van der Waals surface area contributed by atoms with E-state index >= 15 is 4.79 Å². The molecule has 9 N–H and O–H groups in total. The molecule has 0 radical (unpaired) electrons. The van der Waals surface area contributed by atoms with Crippen LogP contribution in [-0.2, 0) is 72.1 Å². The molecule has 10 atom stereocenters. The molecule has 0 spiro atoms. The summed E-state index contributed by atoms with van der Waals surface area (Å²) in [5.74, 6) is -4.45. The van der Waals surface area contributed by atoms with Crippen LogP contribution >= 0.6 is 0 Å². The second-order valence-corrected chi connectivity index (χ2v) is 25.1. The summed E-state index contributed by atoms with van der Waals surface area (Å²) in [6.07, 6.45) is 5.17. The zero-order valence-corrected chi connectivity index (χ0v) is 54.4. The molecule has 0 aromatic heterocycles. The van der Waals surface area contributed by atoms with Gasteiger partial charge in [0.25, 0.3) is 5.91 Å². The van der Waals surface area contributed by atoms with Crippen molar-refractivity contribution in [2.75, 3.05) is 47.1 Å². The molecule has 4 aliphatic rings. The van der Waals surface area contributed by atoms with Gasteiger partial charge in [-0.2, -0.15) is 0 Å². The van der Waals surface area contributed by atoms with Gasteiger partial charge in [-0.05, 0) is 118 Å². The Morgan fingerprint density at radius 1 is 0.511 bits per heavy atom. The first-order chi connectivity index (χ1) is 45.7. The molecule has 4 fully saturated rings. The summed E-state index contributed by atoms with van der Waals surface area (Å²) in [6.45, 7) is 4.04. The normalized spacial score (nSPS) is 22.0. The first-order valence-electron chi connectivity index (χ1n) is 33.4. The van der Waals surface area contributed by atoms with E-state index in [-0.39, 0.29) is 82.3 Å². The first-order valence-corrected chi connectivity index (χ1v) is 33.4. The molecule has 4 heterocycles. The lowest BCUT2D eigenvalue weighted by atomic mass is 9.77. The third-order valence-corrected chi connectivity index (χ3v) is 19.5. The van der Waals surface area contributed by atoms with Crippen molar-refractivity contribution in [3.05, 3.63) is 179 Å². The molecule has 0 saturated carbocycles. The molecular weight excluding hydrogens is 1190 g/mol. The summed E-state index contributed by atoms with van der Waals surface area (Å²) in [4.78, 5) is 119. The topological polar surface area (TPSA) is 286 Å². The molecule has 0 unspecified atom stereocenters. The number of carbonyl (C=O) groups is 8. The van der Waals surface area contributed by atoms with Crippen LogP contribution in [0.4, 0.5) is 0 Å².